The smallest absolute Gasteiger partial charge is 0.397 e. The molecule has 0 fully saturated rings. The lowest BCUT2D eigenvalue weighted by molar-refractivity contribution is -0.137. The number of anilines is 2. The monoisotopic (exact) mass is 337 g/mol. The number of thiazole rings is 1. The molecule has 21 heavy (non-hydrogen) atoms. The van der Waals surface area contributed by atoms with Gasteiger partial charge in [-0.2, -0.15) is 13.2 Å². The Bertz CT molecular complexity index is 769. The number of nitrogens with two attached hydrogens (primary N) is 1. The van der Waals surface area contributed by atoms with Gasteiger partial charge >= 0.3 is 6.18 Å². The van der Waals surface area contributed by atoms with Crippen molar-refractivity contribution in [2.45, 2.75) is 17.3 Å². The van der Waals surface area contributed by atoms with Gasteiger partial charge in [-0.1, -0.05) is 0 Å². The van der Waals surface area contributed by atoms with Crippen LogP contribution in [-0.4, -0.2) is 13.4 Å². The van der Waals surface area contributed by atoms with Crippen molar-refractivity contribution in [2.75, 3.05) is 10.5 Å². The van der Waals surface area contributed by atoms with Gasteiger partial charge in [0.2, 0.25) is 0 Å². The maximum Gasteiger partial charge on any atom is 0.416 e. The van der Waals surface area contributed by atoms with Crippen LogP contribution in [0.25, 0.3) is 0 Å². The van der Waals surface area contributed by atoms with Gasteiger partial charge in [0.1, 0.15) is 0 Å². The highest BCUT2D eigenvalue weighted by atomic mass is 32.2. The summed E-state index contributed by atoms with van der Waals surface area (Å²) in [5.41, 5.74) is 4.09. The number of aryl methyl sites for hydroxylation is 1. The normalized spacial score (nSPS) is 12.4. The lowest BCUT2D eigenvalue weighted by atomic mass is 10.2. The number of benzene rings is 1. The number of aromatic nitrogens is 1. The molecule has 5 nitrogen and oxygen atoms in total. The van der Waals surface area contributed by atoms with E-state index in [0.717, 1.165) is 23.5 Å². The zero-order valence-electron chi connectivity index (χ0n) is 10.6. The molecule has 1 heterocycles. The Labute approximate surface area is 122 Å². The van der Waals surface area contributed by atoms with E-state index in [-0.39, 0.29) is 15.6 Å². The summed E-state index contributed by atoms with van der Waals surface area (Å²) in [6.07, 6.45) is -3.37. The number of rotatable bonds is 3. The van der Waals surface area contributed by atoms with E-state index in [0.29, 0.717) is 11.1 Å². The average Bonchev–Trinajstić information content (AvgIpc) is 2.78. The minimum atomic E-state index is -4.54. The highest BCUT2D eigenvalue weighted by Gasteiger charge is 2.31. The van der Waals surface area contributed by atoms with Crippen LogP contribution < -0.4 is 10.5 Å². The van der Waals surface area contributed by atoms with Crippen molar-refractivity contribution in [2.24, 2.45) is 0 Å². The number of nitrogens with zero attached hydrogens (tertiary/aromatic N) is 1. The molecule has 1 aromatic heterocycles. The van der Waals surface area contributed by atoms with Crippen molar-refractivity contribution in [3.63, 3.8) is 0 Å². The first-order valence-corrected chi connectivity index (χ1v) is 7.81. The Morgan fingerprint density at radius 2 is 2.00 bits per heavy atom. The van der Waals surface area contributed by atoms with E-state index in [1.807, 2.05) is 0 Å². The molecule has 0 saturated heterocycles. The molecule has 0 aliphatic rings. The molecule has 0 saturated carbocycles. The van der Waals surface area contributed by atoms with Crippen molar-refractivity contribution in [1.82, 2.24) is 4.98 Å². The summed E-state index contributed by atoms with van der Waals surface area (Å²) in [6, 6.07) is 2.41. The zero-order chi connectivity index (χ0) is 15.8. The fourth-order valence-electron chi connectivity index (χ4n) is 1.49. The van der Waals surface area contributed by atoms with E-state index in [4.69, 9.17) is 5.73 Å². The third-order valence-corrected chi connectivity index (χ3v) is 5.23. The Hall–Kier alpha value is -1.81. The van der Waals surface area contributed by atoms with Gasteiger partial charge in [0.15, 0.2) is 4.21 Å². The Kier molecular flexibility index (Phi) is 3.85. The minimum Gasteiger partial charge on any atom is -0.397 e. The fraction of sp³-hybridized carbons (Fsp3) is 0.182. The molecule has 0 unspecified atom stereocenters. The summed E-state index contributed by atoms with van der Waals surface area (Å²) >= 11 is 0.945. The number of hydrogen-bond donors (Lipinski definition) is 2. The van der Waals surface area contributed by atoms with Crippen molar-refractivity contribution in [3.8, 4) is 0 Å². The minimum absolute atomic E-state index is 0.0423. The van der Waals surface area contributed by atoms with Crippen LogP contribution in [0, 0.1) is 6.92 Å². The van der Waals surface area contributed by atoms with Crippen molar-refractivity contribution in [1.29, 1.82) is 0 Å². The quantitative estimate of drug-likeness (QED) is 0.844. The van der Waals surface area contributed by atoms with E-state index in [1.165, 1.54) is 6.20 Å². The molecule has 3 N–H and O–H groups in total. The third kappa shape index (κ3) is 3.45. The largest absolute Gasteiger partial charge is 0.416 e. The number of alkyl halides is 3. The molecule has 0 aliphatic carbocycles. The summed E-state index contributed by atoms with van der Waals surface area (Å²) in [4.78, 5) is 3.81. The number of hydrogen-bond acceptors (Lipinski definition) is 5. The predicted molar refractivity (Wildman–Crippen MR) is 73.5 cm³/mol. The van der Waals surface area contributed by atoms with Gasteiger partial charge in [-0.25, -0.2) is 13.4 Å². The zero-order valence-corrected chi connectivity index (χ0v) is 12.2. The van der Waals surface area contributed by atoms with Crippen LogP contribution in [-0.2, 0) is 16.2 Å². The molecule has 2 rings (SSSR count). The van der Waals surface area contributed by atoms with Crippen LogP contribution in [0.1, 0.15) is 10.6 Å². The number of sulfonamides is 1. The Morgan fingerprint density at radius 3 is 2.48 bits per heavy atom. The molecule has 2 aromatic rings. The molecule has 10 heteroatoms. The molecule has 0 amide bonds. The van der Waals surface area contributed by atoms with Crippen LogP contribution in [0.15, 0.2) is 28.6 Å². The number of nitrogens with one attached hydrogen (secondary N) is 1. The van der Waals surface area contributed by atoms with Gasteiger partial charge in [0.05, 0.1) is 28.1 Å². The molecule has 114 valence electrons. The molecular formula is C11H10F3N3O2S2. The third-order valence-electron chi connectivity index (χ3n) is 2.49. The Morgan fingerprint density at radius 1 is 1.33 bits per heavy atom. The summed E-state index contributed by atoms with van der Waals surface area (Å²) in [7, 11) is -3.92. The lowest BCUT2D eigenvalue weighted by Gasteiger charge is -2.12. The second-order valence-electron chi connectivity index (χ2n) is 4.10. The highest BCUT2D eigenvalue weighted by Crippen LogP contribution is 2.33. The molecule has 0 atom stereocenters. The van der Waals surface area contributed by atoms with Gasteiger partial charge in [-0.15, -0.1) is 11.3 Å². The van der Waals surface area contributed by atoms with Crippen LogP contribution in [0.2, 0.25) is 0 Å². The number of halogens is 3. The van der Waals surface area contributed by atoms with E-state index in [2.05, 4.69) is 9.71 Å². The van der Waals surface area contributed by atoms with Crippen molar-refractivity contribution in [3.05, 3.63) is 35.0 Å². The lowest BCUT2D eigenvalue weighted by Crippen LogP contribution is -2.14. The summed E-state index contributed by atoms with van der Waals surface area (Å²) in [5, 5.41) is 0.552. The first-order chi connectivity index (χ1) is 9.59. The molecule has 0 radical (unpaired) electrons. The molecule has 0 spiro atoms. The maximum absolute atomic E-state index is 12.5. The summed E-state index contributed by atoms with van der Waals surface area (Å²) < 4.78 is 63.7. The van der Waals surface area contributed by atoms with Gasteiger partial charge in [0, 0.05) is 0 Å². The van der Waals surface area contributed by atoms with Crippen molar-refractivity contribution < 1.29 is 21.6 Å². The first kappa shape index (κ1) is 15.6. The van der Waals surface area contributed by atoms with Crippen molar-refractivity contribution >= 4 is 32.7 Å². The molecule has 0 bridgehead atoms. The second-order valence-corrected chi connectivity index (χ2v) is 7.25. The fourth-order valence-corrected chi connectivity index (χ4v) is 3.69. The highest BCUT2D eigenvalue weighted by molar-refractivity contribution is 7.94. The Balaban J connectivity index is 2.32. The molecular weight excluding hydrogens is 327 g/mol. The van der Waals surface area contributed by atoms with Crippen LogP contribution in [0.5, 0.6) is 0 Å². The van der Waals surface area contributed by atoms with Gasteiger partial charge < -0.3 is 5.73 Å². The average molecular weight is 337 g/mol. The van der Waals surface area contributed by atoms with E-state index in [9.17, 15) is 21.6 Å². The van der Waals surface area contributed by atoms with E-state index >= 15 is 0 Å². The number of nitrogen functional groups attached to an aromatic ring is 1. The standard InChI is InChI=1S/C11H10F3N3O2S2/c1-6-16-5-10(20-6)21(18,19)17-9-3-2-7(4-8(9)15)11(12,13)14/h2-5,17H,15H2,1H3. The van der Waals surface area contributed by atoms with E-state index in [1.54, 1.807) is 6.92 Å². The molecule has 0 aliphatic heterocycles. The van der Waals surface area contributed by atoms with Gasteiger partial charge in [-0.05, 0) is 25.1 Å². The maximum atomic E-state index is 12.5. The second kappa shape index (κ2) is 5.19. The molecule has 1 aromatic carbocycles. The first-order valence-electron chi connectivity index (χ1n) is 5.51. The summed E-state index contributed by atoms with van der Waals surface area (Å²) in [5.74, 6) is 0. The van der Waals surface area contributed by atoms with Crippen LogP contribution in [0.3, 0.4) is 0 Å². The SMILES string of the molecule is Cc1ncc(S(=O)(=O)Nc2ccc(C(F)(F)F)cc2N)s1. The van der Waals surface area contributed by atoms with Crippen LogP contribution >= 0.6 is 11.3 Å². The summed E-state index contributed by atoms with van der Waals surface area (Å²) in [6.45, 7) is 1.64. The predicted octanol–water partition coefficient (Wildman–Crippen LogP) is 2.85. The topological polar surface area (TPSA) is 85.1 Å². The van der Waals surface area contributed by atoms with E-state index < -0.39 is 21.8 Å². The van der Waals surface area contributed by atoms with Gasteiger partial charge in [-0.3, -0.25) is 4.72 Å². The van der Waals surface area contributed by atoms with Gasteiger partial charge in [0.25, 0.3) is 10.0 Å². The van der Waals surface area contributed by atoms with Crippen LogP contribution in [0.4, 0.5) is 24.5 Å².